The molecule has 0 saturated carbocycles. The fourth-order valence-corrected chi connectivity index (χ4v) is 2.59. The fourth-order valence-electron chi connectivity index (χ4n) is 2.01. The van der Waals surface area contributed by atoms with Crippen molar-refractivity contribution < 1.29 is 0 Å². The highest BCUT2D eigenvalue weighted by Crippen LogP contribution is 2.16. The van der Waals surface area contributed by atoms with Gasteiger partial charge in [0.1, 0.15) is 0 Å². The van der Waals surface area contributed by atoms with Crippen molar-refractivity contribution in [1.82, 2.24) is 4.90 Å². The molecule has 2 nitrogen and oxygen atoms in total. The number of aryl methyl sites for hydroxylation is 1. The summed E-state index contributed by atoms with van der Waals surface area (Å²) in [4.78, 5) is 2.04. The van der Waals surface area contributed by atoms with E-state index in [0.717, 1.165) is 23.1 Å². The van der Waals surface area contributed by atoms with Crippen LogP contribution in [-0.4, -0.2) is 17.1 Å². The topological polar surface area (TPSA) is 15.3 Å². The third kappa shape index (κ3) is 4.83. The minimum Gasteiger partial charge on any atom is -0.348 e. The number of rotatable bonds is 4. The lowest BCUT2D eigenvalue weighted by molar-refractivity contribution is 0.508. The van der Waals surface area contributed by atoms with Crippen LogP contribution in [0.3, 0.4) is 0 Å². The zero-order chi connectivity index (χ0) is 15.2. The van der Waals surface area contributed by atoms with Crippen LogP contribution in [0.4, 0.5) is 5.69 Å². The van der Waals surface area contributed by atoms with Crippen molar-refractivity contribution in [1.29, 1.82) is 0 Å². The highest BCUT2D eigenvalue weighted by Gasteiger charge is 2.06. The molecule has 110 valence electrons. The third-order valence-electron chi connectivity index (χ3n) is 3.27. The van der Waals surface area contributed by atoms with Gasteiger partial charge in [0.2, 0.25) is 0 Å². The second-order valence-electron chi connectivity index (χ2n) is 4.97. The van der Waals surface area contributed by atoms with Gasteiger partial charge in [-0.3, -0.25) is 0 Å². The van der Waals surface area contributed by atoms with E-state index < -0.39 is 0 Å². The Hall–Kier alpha value is -1.39. The van der Waals surface area contributed by atoms with Gasteiger partial charge in [-0.1, -0.05) is 53.2 Å². The molecule has 2 rings (SSSR count). The van der Waals surface area contributed by atoms with Crippen LogP contribution < -0.4 is 5.32 Å². The SMILES string of the molecule is CCc1ccc(CN(C)C(=S)Nc2cccc(Br)c2)cc1. The van der Waals surface area contributed by atoms with Gasteiger partial charge >= 0.3 is 0 Å². The van der Waals surface area contributed by atoms with Crippen LogP contribution in [0.15, 0.2) is 53.0 Å². The normalized spacial score (nSPS) is 10.2. The molecule has 0 aromatic heterocycles. The number of nitrogens with zero attached hydrogens (tertiary/aromatic N) is 1. The Morgan fingerprint density at radius 2 is 1.81 bits per heavy atom. The maximum absolute atomic E-state index is 5.45. The number of halogens is 1. The molecule has 21 heavy (non-hydrogen) atoms. The lowest BCUT2D eigenvalue weighted by Crippen LogP contribution is -2.30. The summed E-state index contributed by atoms with van der Waals surface area (Å²) in [7, 11) is 2.00. The Morgan fingerprint density at radius 3 is 2.43 bits per heavy atom. The van der Waals surface area contributed by atoms with E-state index in [1.165, 1.54) is 11.1 Å². The highest BCUT2D eigenvalue weighted by atomic mass is 79.9. The first-order valence-corrected chi connectivity index (χ1v) is 8.14. The molecule has 0 unspecified atom stereocenters. The van der Waals surface area contributed by atoms with Crippen molar-refractivity contribution in [3.63, 3.8) is 0 Å². The minimum absolute atomic E-state index is 0.715. The van der Waals surface area contributed by atoms with E-state index in [0.29, 0.717) is 5.11 Å². The quantitative estimate of drug-likeness (QED) is 0.783. The molecule has 0 saturated heterocycles. The van der Waals surface area contributed by atoms with Crippen molar-refractivity contribution in [2.45, 2.75) is 19.9 Å². The number of anilines is 1. The monoisotopic (exact) mass is 362 g/mol. The van der Waals surface area contributed by atoms with Crippen LogP contribution in [0.25, 0.3) is 0 Å². The smallest absolute Gasteiger partial charge is 0.173 e. The summed E-state index contributed by atoms with van der Waals surface area (Å²) in [6.07, 6.45) is 1.07. The van der Waals surface area contributed by atoms with Gasteiger partial charge in [0.05, 0.1) is 0 Å². The molecular weight excluding hydrogens is 344 g/mol. The molecule has 2 aromatic rings. The van der Waals surface area contributed by atoms with E-state index in [4.69, 9.17) is 12.2 Å². The average Bonchev–Trinajstić information content (AvgIpc) is 2.48. The second kappa shape index (κ2) is 7.57. The molecule has 2 aromatic carbocycles. The maximum atomic E-state index is 5.45. The third-order valence-corrected chi connectivity index (χ3v) is 4.18. The summed E-state index contributed by atoms with van der Waals surface area (Å²) in [5, 5.41) is 3.97. The van der Waals surface area contributed by atoms with Crippen LogP contribution in [0.1, 0.15) is 18.1 Å². The zero-order valence-corrected chi connectivity index (χ0v) is 14.7. The molecule has 0 aliphatic rings. The summed E-state index contributed by atoms with van der Waals surface area (Å²) in [5.41, 5.74) is 3.60. The molecule has 0 aliphatic heterocycles. The largest absolute Gasteiger partial charge is 0.348 e. The number of hydrogen-bond donors (Lipinski definition) is 1. The van der Waals surface area contributed by atoms with Gasteiger partial charge in [-0.25, -0.2) is 0 Å². The highest BCUT2D eigenvalue weighted by molar-refractivity contribution is 9.10. The van der Waals surface area contributed by atoms with Crippen LogP contribution >= 0.6 is 28.1 Å². The maximum Gasteiger partial charge on any atom is 0.173 e. The first-order chi connectivity index (χ1) is 10.1. The van der Waals surface area contributed by atoms with Gasteiger partial charge in [0, 0.05) is 23.8 Å². The van der Waals surface area contributed by atoms with Gasteiger partial charge in [-0.15, -0.1) is 0 Å². The van der Waals surface area contributed by atoms with Gasteiger partial charge < -0.3 is 10.2 Å². The predicted octanol–water partition coefficient (Wildman–Crippen LogP) is 4.84. The number of nitrogens with one attached hydrogen (secondary N) is 1. The molecular formula is C17H19BrN2S. The molecule has 0 atom stereocenters. The molecule has 0 heterocycles. The molecule has 0 radical (unpaired) electrons. The average molecular weight is 363 g/mol. The Labute approximate surface area is 140 Å². The lowest BCUT2D eigenvalue weighted by atomic mass is 10.1. The van der Waals surface area contributed by atoms with Crippen LogP contribution in [0.5, 0.6) is 0 Å². The molecule has 0 bridgehead atoms. The van der Waals surface area contributed by atoms with Crippen LogP contribution in [-0.2, 0) is 13.0 Å². The minimum atomic E-state index is 0.715. The molecule has 4 heteroatoms. The Balaban J connectivity index is 1.95. The first kappa shape index (κ1) is 16.0. The van der Waals surface area contributed by atoms with E-state index in [9.17, 15) is 0 Å². The van der Waals surface area contributed by atoms with E-state index in [2.05, 4.69) is 52.4 Å². The van der Waals surface area contributed by atoms with E-state index in [1.807, 2.05) is 36.2 Å². The van der Waals surface area contributed by atoms with Crippen LogP contribution in [0.2, 0.25) is 0 Å². The van der Waals surface area contributed by atoms with Crippen molar-refractivity contribution in [2.75, 3.05) is 12.4 Å². The predicted molar refractivity (Wildman–Crippen MR) is 97.6 cm³/mol. The van der Waals surface area contributed by atoms with Crippen molar-refractivity contribution in [3.8, 4) is 0 Å². The molecule has 0 spiro atoms. The summed E-state index contributed by atoms with van der Waals surface area (Å²) in [6.45, 7) is 2.96. The fraction of sp³-hybridized carbons (Fsp3) is 0.235. The van der Waals surface area contributed by atoms with E-state index in [1.54, 1.807) is 0 Å². The van der Waals surface area contributed by atoms with E-state index in [-0.39, 0.29) is 0 Å². The molecule has 0 fully saturated rings. The van der Waals surface area contributed by atoms with E-state index >= 15 is 0 Å². The number of benzene rings is 2. The molecule has 1 N–H and O–H groups in total. The summed E-state index contributed by atoms with van der Waals surface area (Å²) < 4.78 is 1.04. The summed E-state index contributed by atoms with van der Waals surface area (Å²) in [5.74, 6) is 0. The molecule has 0 aliphatic carbocycles. The number of thiocarbonyl (C=S) groups is 1. The van der Waals surface area contributed by atoms with Gasteiger partial charge in [0.25, 0.3) is 0 Å². The summed E-state index contributed by atoms with van der Waals surface area (Å²) >= 11 is 8.91. The van der Waals surface area contributed by atoms with Gasteiger partial charge in [0.15, 0.2) is 5.11 Å². The van der Waals surface area contributed by atoms with Crippen LogP contribution in [0, 0.1) is 0 Å². The van der Waals surface area contributed by atoms with Crippen molar-refractivity contribution in [3.05, 3.63) is 64.1 Å². The van der Waals surface area contributed by atoms with Gasteiger partial charge in [-0.2, -0.15) is 0 Å². The Kier molecular flexibility index (Phi) is 5.76. The lowest BCUT2D eigenvalue weighted by Gasteiger charge is -2.21. The standard InChI is InChI=1S/C17H19BrN2S/c1-3-13-7-9-14(10-8-13)12-20(2)17(21)19-16-6-4-5-15(18)11-16/h4-11H,3,12H2,1-2H3,(H,19,21). The van der Waals surface area contributed by atoms with Crippen molar-refractivity contribution in [2.24, 2.45) is 0 Å². The Bertz CT molecular complexity index is 610. The zero-order valence-electron chi connectivity index (χ0n) is 12.3. The number of hydrogen-bond acceptors (Lipinski definition) is 1. The summed E-state index contributed by atoms with van der Waals surface area (Å²) in [6, 6.07) is 16.7. The first-order valence-electron chi connectivity index (χ1n) is 6.94. The van der Waals surface area contributed by atoms with Gasteiger partial charge in [-0.05, 0) is 48.0 Å². The second-order valence-corrected chi connectivity index (χ2v) is 6.27. The molecule has 0 amide bonds. The Morgan fingerprint density at radius 1 is 1.14 bits per heavy atom. The van der Waals surface area contributed by atoms with Crippen molar-refractivity contribution >= 4 is 38.9 Å².